The predicted octanol–water partition coefficient (Wildman–Crippen LogP) is 5.59. The summed E-state index contributed by atoms with van der Waals surface area (Å²) in [5, 5.41) is 23.4. The number of anilines is 2. The van der Waals surface area contributed by atoms with Crippen LogP contribution in [0.25, 0.3) is 10.8 Å². The summed E-state index contributed by atoms with van der Waals surface area (Å²) in [5.74, 6) is 0.190. The molecule has 0 amide bonds. The van der Waals surface area contributed by atoms with Crippen LogP contribution in [0.15, 0.2) is 59.8 Å². The summed E-state index contributed by atoms with van der Waals surface area (Å²) < 4.78 is 0. The van der Waals surface area contributed by atoms with Crippen molar-refractivity contribution >= 4 is 39.9 Å². The summed E-state index contributed by atoms with van der Waals surface area (Å²) in [5.41, 5.74) is 2.52. The van der Waals surface area contributed by atoms with Gasteiger partial charge in [-0.1, -0.05) is 30.7 Å². The first kappa shape index (κ1) is 19.7. The second-order valence-corrected chi connectivity index (χ2v) is 7.50. The molecule has 0 radical (unpaired) electrons. The first-order chi connectivity index (χ1) is 13.7. The number of aliphatic carboxylic acids is 1. The van der Waals surface area contributed by atoms with E-state index in [2.05, 4.69) is 16.4 Å². The number of benzene rings is 2. The molecule has 1 aromatic heterocycles. The van der Waals surface area contributed by atoms with E-state index in [4.69, 9.17) is 5.11 Å². The van der Waals surface area contributed by atoms with E-state index in [0.717, 1.165) is 45.6 Å². The highest BCUT2D eigenvalue weighted by Gasteiger charge is 2.09. The number of carboxylic acids is 1. The highest BCUT2D eigenvalue weighted by molar-refractivity contribution is 7.99. The van der Waals surface area contributed by atoms with Gasteiger partial charge in [0.05, 0.1) is 23.5 Å². The van der Waals surface area contributed by atoms with Gasteiger partial charge in [0.25, 0.3) is 0 Å². The molecule has 1 heterocycles. The predicted molar refractivity (Wildman–Crippen MR) is 113 cm³/mol. The van der Waals surface area contributed by atoms with Crippen molar-refractivity contribution in [3.05, 3.63) is 60.4 Å². The van der Waals surface area contributed by atoms with Gasteiger partial charge in [-0.2, -0.15) is 5.26 Å². The van der Waals surface area contributed by atoms with Crippen LogP contribution in [0.3, 0.4) is 0 Å². The lowest BCUT2D eigenvalue weighted by Gasteiger charge is -2.14. The molecule has 0 saturated carbocycles. The van der Waals surface area contributed by atoms with Crippen molar-refractivity contribution in [3.63, 3.8) is 0 Å². The molecule has 0 aliphatic heterocycles. The Labute approximate surface area is 168 Å². The zero-order chi connectivity index (χ0) is 19.8. The first-order valence-electron chi connectivity index (χ1n) is 9.16. The lowest BCUT2D eigenvalue weighted by atomic mass is 10.0. The molecule has 2 N–H and O–H groups in total. The minimum atomic E-state index is -0.733. The van der Waals surface area contributed by atoms with Gasteiger partial charge < -0.3 is 10.4 Å². The van der Waals surface area contributed by atoms with Gasteiger partial charge in [-0.25, -0.2) is 0 Å². The number of unbranched alkanes of at least 4 members (excludes halogenated alkanes) is 2. The Morgan fingerprint density at radius 3 is 2.68 bits per heavy atom. The molecule has 0 fully saturated rings. The molecule has 0 bridgehead atoms. The van der Waals surface area contributed by atoms with Crippen molar-refractivity contribution in [2.45, 2.75) is 30.6 Å². The maximum Gasteiger partial charge on any atom is 0.303 e. The van der Waals surface area contributed by atoms with Gasteiger partial charge in [-0.15, -0.1) is 11.8 Å². The van der Waals surface area contributed by atoms with Crippen LogP contribution in [-0.2, 0) is 4.79 Å². The van der Waals surface area contributed by atoms with Crippen molar-refractivity contribution in [3.8, 4) is 6.07 Å². The van der Waals surface area contributed by atoms with Gasteiger partial charge >= 0.3 is 5.97 Å². The number of thioether (sulfide) groups is 1. The minimum absolute atomic E-state index is 0.235. The van der Waals surface area contributed by atoms with Gasteiger partial charge in [0.1, 0.15) is 0 Å². The van der Waals surface area contributed by atoms with E-state index < -0.39 is 5.97 Å². The van der Waals surface area contributed by atoms with Crippen LogP contribution in [-0.4, -0.2) is 21.8 Å². The maximum absolute atomic E-state index is 10.6. The lowest BCUT2D eigenvalue weighted by molar-refractivity contribution is -0.137. The lowest BCUT2D eigenvalue weighted by Crippen LogP contribution is -1.96. The van der Waals surface area contributed by atoms with Crippen LogP contribution < -0.4 is 5.32 Å². The van der Waals surface area contributed by atoms with Crippen LogP contribution in [0.2, 0.25) is 0 Å². The molecule has 3 rings (SSSR count). The fraction of sp³-hybridized carbons (Fsp3) is 0.227. The highest BCUT2D eigenvalue weighted by Crippen LogP contribution is 2.33. The largest absolute Gasteiger partial charge is 0.481 e. The molecule has 3 aromatic rings. The van der Waals surface area contributed by atoms with Gasteiger partial charge in [-0.3, -0.25) is 9.78 Å². The van der Waals surface area contributed by atoms with Gasteiger partial charge in [-0.05, 0) is 36.8 Å². The van der Waals surface area contributed by atoms with Gasteiger partial charge in [0, 0.05) is 34.0 Å². The van der Waals surface area contributed by atoms with Crippen LogP contribution in [0.1, 0.15) is 31.2 Å². The third kappa shape index (κ3) is 5.02. The molecule has 142 valence electrons. The Morgan fingerprint density at radius 1 is 1.07 bits per heavy atom. The second kappa shape index (κ2) is 9.77. The summed E-state index contributed by atoms with van der Waals surface area (Å²) in [4.78, 5) is 15.9. The molecule has 0 saturated heterocycles. The Kier molecular flexibility index (Phi) is 6.88. The van der Waals surface area contributed by atoms with E-state index in [1.54, 1.807) is 24.2 Å². The molecule has 0 atom stereocenters. The number of nitrogens with zero attached hydrogens (tertiary/aromatic N) is 2. The van der Waals surface area contributed by atoms with Crippen molar-refractivity contribution in [2.75, 3.05) is 11.1 Å². The zero-order valence-corrected chi connectivity index (χ0v) is 16.2. The molecule has 5 nitrogen and oxygen atoms in total. The molecule has 0 spiro atoms. The van der Waals surface area contributed by atoms with Crippen LogP contribution >= 0.6 is 11.8 Å². The van der Waals surface area contributed by atoms with Crippen molar-refractivity contribution in [2.24, 2.45) is 0 Å². The number of nitrogens with one attached hydrogen (secondary N) is 1. The standard InChI is InChI=1S/C22H21N3O2S/c23-14-16-9-10-19(18-7-4-3-6-17(16)18)25-20-15-24-12-11-21(20)28-13-5-1-2-8-22(26)27/h3-4,6-7,9-12,15,25H,1-2,5,8,13H2,(H,26,27). The molecule has 0 aliphatic carbocycles. The quantitative estimate of drug-likeness (QED) is 0.365. The van der Waals surface area contributed by atoms with E-state index in [1.807, 2.05) is 42.5 Å². The Balaban J connectivity index is 1.71. The summed E-state index contributed by atoms with van der Waals surface area (Å²) in [6.45, 7) is 0. The average Bonchev–Trinajstić information content (AvgIpc) is 2.71. The molecule has 0 unspecified atom stereocenters. The first-order valence-corrected chi connectivity index (χ1v) is 10.1. The van der Waals surface area contributed by atoms with Gasteiger partial charge in [0.2, 0.25) is 0 Å². The number of rotatable bonds is 9. The molecular formula is C22H21N3O2S. The Hall–Kier alpha value is -3.04. The minimum Gasteiger partial charge on any atom is -0.481 e. The number of aromatic nitrogens is 1. The van der Waals surface area contributed by atoms with Crippen molar-refractivity contribution in [1.29, 1.82) is 5.26 Å². The number of pyridine rings is 1. The van der Waals surface area contributed by atoms with Gasteiger partial charge in [0.15, 0.2) is 0 Å². The number of carbonyl (C=O) groups is 1. The number of hydrogen-bond acceptors (Lipinski definition) is 5. The molecule has 0 aliphatic rings. The normalized spacial score (nSPS) is 10.5. The van der Waals surface area contributed by atoms with E-state index in [9.17, 15) is 10.1 Å². The summed E-state index contributed by atoms with van der Waals surface area (Å²) in [6.07, 6.45) is 6.41. The Morgan fingerprint density at radius 2 is 1.89 bits per heavy atom. The third-order valence-corrected chi connectivity index (χ3v) is 5.55. The molecule has 6 heteroatoms. The number of hydrogen-bond donors (Lipinski definition) is 2. The Bertz CT molecular complexity index is 1010. The number of fused-ring (bicyclic) bond motifs is 1. The fourth-order valence-corrected chi connectivity index (χ4v) is 3.97. The number of carboxylic acid groups (broad SMARTS) is 1. The molecular weight excluding hydrogens is 370 g/mol. The second-order valence-electron chi connectivity index (χ2n) is 6.37. The van der Waals surface area contributed by atoms with E-state index in [-0.39, 0.29) is 6.42 Å². The molecule has 28 heavy (non-hydrogen) atoms. The average molecular weight is 391 g/mol. The van der Waals surface area contributed by atoms with Crippen LogP contribution in [0.5, 0.6) is 0 Å². The SMILES string of the molecule is N#Cc1ccc(Nc2cnccc2SCCCCCC(=O)O)c2ccccc12. The van der Waals surface area contributed by atoms with E-state index >= 15 is 0 Å². The third-order valence-electron chi connectivity index (χ3n) is 4.39. The van der Waals surface area contributed by atoms with E-state index in [1.165, 1.54) is 0 Å². The summed E-state index contributed by atoms with van der Waals surface area (Å²) in [6, 6.07) is 15.8. The van der Waals surface area contributed by atoms with Crippen LogP contribution in [0, 0.1) is 11.3 Å². The van der Waals surface area contributed by atoms with Crippen LogP contribution in [0.4, 0.5) is 11.4 Å². The molecule has 2 aromatic carbocycles. The smallest absolute Gasteiger partial charge is 0.303 e. The topological polar surface area (TPSA) is 86.0 Å². The van der Waals surface area contributed by atoms with Crippen molar-refractivity contribution in [1.82, 2.24) is 4.98 Å². The zero-order valence-electron chi connectivity index (χ0n) is 15.4. The monoisotopic (exact) mass is 391 g/mol. The fourth-order valence-electron chi connectivity index (χ4n) is 2.99. The highest BCUT2D eigenvalue weighted by atomic mass is 32.2. The summed E-state index contributed by atoms with van der Waals surface area (Å²) in [7, 11) is 0. The van der Waals surface area contributed by atoms with Crippen molar-refractivity contribution < 1.29 is 9.90 Å². The maximum atomic E-state index is 10.6. The van der Waals surface area contributed by atoms with E-state index in [0.29, 0.717) is 12.0 Å². The number of nitriles is 1. The summed E-state index contributed by atoms with van der Waals surface area (Å²) >= 11 is 1.74.